The van der Waals surface area contributed by atoms with Crippen molar-refractivity contribution in [1.29, 1.82) is 0 Å². The second-order valence-corrected chi connectivity index (χ2v) is 8.33. The molecule has 0 fully saturated rings. The van der Waals surface area contributed by atoms with Gasteiger partial charge in [-0.25, -0.2) is 4.98 Å². The fourth-order valence-corrected chi connectivity index (χ4v) is 4.07. The van der Waals surface area contributed by atoms with E-state index in [-0.39, 0.29) is 17.2 Å². The molecule has 0 saturated heterocycles. The van der Waals surface area contributed by atoms with Crippen molar-refractivity contribution in [2.24, 2.45) is 0 Å². The van der Waals surface area contributed by atoms with Gasteiger partial charge in [0.05, 0.1) is 29.8 Å². The van der Waals surface area contributed by atoms with Gasteiger partial charge in [0.15, 0.2) is 5.16 Å². The molecule has 152 valence electrons. The number of nitrogens with zero attached hydrogens (tertiary/aromatic N) is 2. The van der Waals surface area contributed by atoms with Crippen molar-refractivity contribution in [3.05, 3.63) is 57.8 Å². The van der Waals surface area contributed by atoms with Gasteiger partial charge in [0, 0.05) is 22.7 Å². The summed E-state index contributed by atoms with van der Waals surface area (Å²) in [5, 5.41) is 4.29. The van der Waals surface area contributed by atoms with Crippen molar-refractivity contribution in [3.8, 4) is 0 Å². The number of hydrogen-bond acceptors (Lipinski definition) is 6. The lowest BCUT2D eigenvalue weighted by atomic mass is 10.2. The zero-order valence-corrected chi connectivity index (χ0v) is 18.4. The molecular weight excluding hydrogens is 430 g/mol. The van der Waals surface area contributed by atoms with Crippen LogP contribution in [0.4, 0.5) is 5.69 Å². The number of fused-ring (bicyclic) bond motifs is 1. The average Bonchev–Trinajstić information content (AvgIpc) is 2.72. The predicted molar refractivity (Wildman–Crippen MR) is 120 cm³/mol. The maximum atomic E-state index is 12.9. The monoisotopic (exact) mass is 449 g/mol. The van der Waals surface area contributed by atoms with Gasteiger partial charge in [-0.2, -0.15) is 0 Å². The fraction of sp³-hybridized carbons (Fsp3) is 0.250. The highest BCUT2D eigenvalue weighted by atomic mass is 35.5. The van der Waals surface area contributed by atoms with E-state index in [0.717, 1.165) is 10.6 Å². The lowest BCUT2D eigenvalue weighted by Crippen LogP contribution is -2.26. The van der Waals surface area contributed by atoms with Crippen molar-refractivity contribution in [3.63, 3.8) is 0 Å². The number of anilines is 1. The van der Waals surface area contributed by atoms with Crippen molar-refractivity contribution in [2.45, 2.75) is 16.6 Å². The fourth-order valence-electron chi connectivity index (χ4n) is 2.67. The van der Waals surface area contributed by atoms with E-state index in [9.17, 15) is 9.59 Å². The number of methoxy groups -OCH3 is 1. The van der Waals surface area contributed by atoms with Gasteiger partial charge in [0.25, 0.3) is 5.56 Å². The Morgan fingerprint density at radius 1 is 1.24 bits per heavy atom. The Morgan fingerprint density at radius 3 is 2.69 bits per heavy atom. The van der Waals surface area contributed by atoms with E-state index >= 15 is 0 Å². The van der Waals surface area contributed by atoms with Crippen LogP contribution < -0.4 is 10.9 Å². The second-order valence-electron chi connectivity index (χ2n) is 6.07. The van der Waals surface area contributed by atoms with E-state index in [1.807, 2.05) is 30.5 Å². The van der Waals surface area contributed by atoms with Gasteiger partial charge in [-0.15, -0.1) is 11.8 Å². The molecule has 0 saturated carbocycles. The average molecular weight is 450 g/mol. The maximum Gasteiger partial charge on any atom is 0.262 e. The summed E-state index contributed by atoms with van der Waals surface area (Å²) in [6.45, 7) is 0.712. The van der Waals surface area contributed by atoms with E-state index in [1.165, 1.54) is 16.3 Å². The number of hydrogen-bond donors (Lipinski definition) is 1. The Kier molecular flexibility index (Phi) is 7.60. The molecule has 6 nitrogen and oxygen atoms in total. The predicted octanol–water partition coefficient (Wildman–Crippen LogP) is 4.15. The SMILES string of the molecule is COCCn1c(SCC(=O)Nc2ccc(SC)cc2)nc2cc(Cl)ccc2c1=O. The van der Waals surface area contributed by atoms with Crippen molar-refractivity contribution in [1.82, 2.24) is 9.55 Å². The Labute approximate surface area is 182 Å². The molecule has 0 bridgehead atoms. The Balaban J connectivity index is 1.79. The quantitative estimate of drug-likeness (QED) is 0.411. The van der Waals surface area contributed by atoms with Gasteiger partial charge in [-0.3, -0.25) is 14.2 Å². The Hall–Kier alpha value is -2.00. The van der Waals surface area contributed by atoms with Gasteiger partial charge in [-0.1, -0.05) is 23.4 Å². The van der Waals surface area contributed by atoms with E-state index < -0.39 is 0 Å². The van der Waals surface area contributed by atoms with E-state index in [0.29, 0.717) is 34.2 Å². The zero-order chi connectivity index (χ0) is 20.8. The van der Waals surface area contributed by atoms with Crippen LogP contribution >= 0.6 is 35.1 Å². The number of amides is 1. The molecule has 0 aliphatic carbocycles. The standard InChI is InChI=1S/C20H20ClN3O3S2/c1-27-10-9-24-19(26)16-8-3-13(21)11-17(16)23-20(24)29-12-18(25)22-14-4-6-15(28-2)7-5-14/h3-8,11H,9-10,12H2,1-2H3,(H,22,25). The first-order chi connectivity index (χ1) is 14.0. The van der Waals surface area contributed by atoms with Gasteiger partial charge in [0.2, 0.25) is 5.91 Å². The molecule has 0 atom stereocenters. The van der Waals surface area contributed by atoms with E-state index in [4.69, 9.17) is 16.3 Å². The first-order valence-electron chi connectivity index (χ1n) is 8.77. The van der Waals surface area contributed by atoms with E-state index in [1.54, 1.807) is 37.1 Å². The second kappa shape index (κ2) is 10.2. The molecule has 9 heteroatoms. The maximum absolute atomic E-state index is 12.9. The normalized spacial score (nSPS) is 11.0. The number of ether oxygens (including phenoxy) is 1. The summed E-state index contributed by atoms with van der Waals surface area (Å²) in [5.41, 5.74) is 1.05. The third-order valence-corrected chi connectivity index (χ3v) is 6.06. The summed E-state index contributed by atoms with van der Waals surface area (Å²) >= 11 is 8.89. The molecule has 0 aliphatic heterocycles. The summed E-state index contributed by atoms with van der Waals surface area (Å²) < 4.78 is 6.64. The molecule has 1 aromatic heterocycles. The van der Waals surface area contributed by atoms with Crippen LogP contribution in [0.3, 0.4) is 0 Å². The van der Waals surface area contributed by atoms with Crippen LogP contribution in [-0.4, -0.2) is 41.2 Å². The number of rotatable bonds is 8. The molecule has 0 unspecified atom stereocenters. The molecule has 0 spiro atoms. The summed E-state index contributed by atoms with van der Waals surface area (Å²) in [5.74, 6) is -0.0545. The Bertz CT molecular complexity index is 1070. The van der Waals surface area contributed by atoms with Crippen LogP contribution in [0.2, 0.25) is 5.02 Å². The van der Waals surface area contributed by atoms with Crippen LogP contribution in [-0.2, 0) is 16.1 Å². The van der Waals surface area contributed by atoms with E-state index in [2.05, 4.69) is 10.3 Å². The Morgan fingerprint density at radius 2 is 2.00 bits per heavy atom. The number of benzene rings is 2. The molecule has 0 radical (unpaired) electrons. The topological polar surface area (TPSA) is 73.2 Å². The molecule has 1 heterocycles. The van der Waals surface area contributed by atoms with Crippen LogP contribution in [0, 0.1) is 0 Å². The molecule has 3 aromatic rings. The molecular formula is C20H20ClN3O3S2. The highest BCUT2D eigenvalue weighted by molar-refractivity contribution is 7.99. The van der Waals surface area contributed by atoms with Crippen LogP contribution in [0.1, 0.15) is 0 Å². The van der Waals surface area contributed by atoms with Crippen molar-refractivity contribution < 1.29 is 9.53 Å². The van der Waals surface area contributed by atoms with Crippen molar-refractivity contribution in [2.75, 3.05) is 31.0 Å². The minimum Gasteiger partial charge on any atom is -0.383 e. The minimum atomic E-state index is -0.181. The van der Waals surface area contributed by atoms with Crippen LogP contribution in [0.15, 0.2) is 57.3 Å². The third-order valence-electron chi connectivity index (χ3n) is 4.11. The summed E-state index contributed by atoms with van der Waals surface area (Å²) in [6.07, 6.45) is 2.00. The highest BCUT2D eigenvalue weighted by Gasteiger charge is 2.14. The summed E-state index contributed by atoms with van der Waals surface area (Å²) in [7, 11) is 1.57. The first-order valence-corrected chi connectivity index (χ1v) is 11.4. The smallest absolute Gasteiger partial charge is 0.262 e. The largest absolute Gasteiger partial charge is 0.383 e. The number of carbonyl (C=O) groups excluding carboxylic acids is 1. The molecule has 2 aromatic carbocycles. The number of aromatic nitrogens is 2. The number of halogens is 1. The zero-order valence-electron chi connectivity index (χ0n) is 16.0. The van der Waals surface area contributed by atoms with Gasteiger partial charge in [0.1, 0.15) is 0 Å². The van der Waals surface area contributed by atoms with Gasteiger partial charge in [-0.05, 0) is 48.7 Å². The number of carbonyl (C=O) groups is 1. The summed E-state index contributed by atoms with van der Waals surface area (Å²) in [6, 6.07) is 12.6. The minimum absolute atomic E-state index is 0.121. The van der Waals surface area contributed by atoms with Crippen molar-refractivity contribution >= 4 is 57.6 Å². The first kappa shape index (κ1) is 21.7. The highest BCUT2D eigenvalue weighted by Crippen LogP contribution is 2.21. The van der Waals surface area contributed by atoms with Gasteiger partial charge < -0.3 is 10.1 Å². The van der Waals surface area contributed by atoms with Gasteiger partial charge >= 0.3 is 0 Å². The molecule has 3 rings (SSSR count). The lowest BCUT2D eigenvalue weighted by Gasteiger charge is -2.13. The number of nitrogens with one attached hydrogen (secondary N) is 1. The van der Waals surface area contributed by atoms with Crippen LogP contribution in [0.25, 0.3) is 10.9 Å². The number of thioether (sulfide) groups is 2. The molecule has 29 heavy (non-hydrogen) atoms. The van der Waals surface area contributed by atoms with Crippen LogP contribution in [0.5, 0.6) is 0 Å². The summed E-state index contributed by atoms with van der Waals surface area (Å²) in [4.78, 5) is 30.9. The molecule has 1 N–H and O–H groups in total. The lowest BCUT2D eigenvalue weighted by molar-refractivity contribution is -0.113. The third kappa shape index (κ3) is 5.54. The molecule has 1 amide bonds. The molecule has 0 aliphatic rings.